The summed E-state index contributed by atoms with van der Waals surface area (Å²) in [7, 11) is 0.200. The van der Waals surface area contributed by atoms with Gasteiger partial charge in [-0.2, -0.15) is 0 Å². The predicted octanol–water partition coefficient (Wildman–Crippen LogP) is 1.55. The monoisotopic (exact) mass is 254 g/mol. The van der Waals surface area contributed by atoms with Crippen LogP contribution in [0, 0.1) is 0 Å². The Morgan fingerprint density at radius 2 is 1.63 bits per heavy atom. The van der Waals surface area contributed by atoms with Crippen LogP contribution in [0.2, 0.25) is 0 Å². The molecule has 2 aromatic carbocycles. The van der Waals surface area contributed by atoms with Gasteiger partial charge in [-0.25, -0.2) is 0 Å². The maximum Gasteiger partial charge on any atom is 0.488 e. The second-order valence-corrected chi connectivity index (χ2v) is 4.15. The number of hydrogen-bond donors (Lipinski definition) is 2. The van der Waals surface area contributed by atoms with Gasteiger partial charge in [0.1, 0.15) is 5.75 Å². The van der Waals surface area contributed by atoms with Gasteiger partial charge in [-0.05, 0) is 28.7 Å². The molecular weight excluding hydrogens is 239 g/mol. The van der Waals surface area contributed by atoms with Crippen LogP contribution in [-0.4, -0.2) is 24.3 Å². The zero-order valence-corrected chi connectivity index (χ0v) is 10.7. The molecule has 0 aliphatic rings. The smallest absolute Gasteiger partial charge is 0.488 e. The molecule has 0 amide bonds. The first-order chi connectivity index (χ1) is 9.19. The summed E-state index contributed by atoms with van der Waals surface area (Å²) in [5.41, 5.74) is 2.45. The molecular formula is C15H15BO3. The van der Waals surface area contributed by atoms with E-state index in [0.717, 1.165) is 16.9 Å². The average Bonchev–Trinajstić information content (AvgIpc) is 2.46. The van der Waals surface area contributed by atoms with E-state index in [2.05, 4.69) is 0 Å². The maximum atomic E-state index is 9.11. The van der Waals surface area contributed by atoms with E-state index in [9.17, 15) is 0 Å². The molecule has 0 unspecified atom stereocenters. The Balaban J connectivity index is 2.15. The molecule has 96 valence electrons. The van der Waals surface area contributed by atoms with Gasteiger partial charge in [0.25, 0.3) is 0 Å². The average molecular weight is 254 g/mol. The van der Waals surface area contributed by atoms with Gasteiger partial charge in [-0.15, -0.1) is 0 Å². The van der Waals surface area contributed by atoms with Crippen molar-refractivity contribution in [3.05, 3.63) is 59.7 Å². The lowest BCUT2D eigenvalue weighted by Gasteiger charge is -2.01. The minimum atomic E-state index is -1.44. The molecule has 0 spiro atoms. The summed E-state index contributed by atoms with van der Waals surface area (Å²) >= 11 is 0. The van der Waals surface area contributed by atoms with Crippen LogP contribution in [0.5, 0.6) is 5.75 Å². The van der Waals surface area contributed by atoms with Crippen LogP contribution >= 0.6 is 0 Å². The summed E-state index contributed by atoms with van der Waals surface area (Å²) in [6, 6.07) is 14.8. The van der Waals surface area contributed by atoms with Crippen LogP contribution in [0.4, 0.5) is 0 Å². The maximum absolute atomic E-state index is 9.11. The third kappa shape index (κ3) is 3.71. The largest absolute Gasteiger partial charge is 0.497 e. The van der Waals surface area contributed by atoms with E-state index in [-0.39, 0.29) is 0 Å². The summed E-state index contributed by atoms with van der Waals surface area (Å²) in [6.45, 7) is 0. The van der Waals surface area contributed by atoms with Crippen LogP contribution in [-0.2, 0) is 0 Å². The summed E-state index contributed by atoms with van der Waals surface area (Å²) in [6.07, 6.45) is 3.88. The Hall–Kier alpha value is -2.04. The third-order valence-corrected chi connectivity index (χ3v) is 2.79. The first kappa shape index (κ1) is 13.4. The molecule has 0 atom stereocenters. The zero-order chi connectivity index (χ0) is 13.7. The van der Waals surface area contributed by atoms with Gasteiger partial charge in [0, 0.05) is 0 Å². The lowest BCUT2D eigenvalue weighted by Crippen LogP contribution is -2.29. The fourth-order valence-corrected chi connectivity index (χ4v) is 1.73. The third-order valence-electron chi connectivity index (χ3n) is 2.79. The zero-order valence-electron chi connectivity index (χ0n) is 10.7. The standard InChI is InChI=1S/C15H15BO3/c1-19-15-9-7-12(8-10-15)5-6-13-3-2-4-14(11-13)16(17)18/h2-11,17-18H,1H3/b6-5+. The second-order valence-electron chi connectivity index (χ2n) is 4.15. The molecule has 0 saturated carbocycles. The van der Waals surface area contributed by atoms with Crippen LogP contribution in [0.15, 0.2) is 48.5 Å². The van der Waals surface area contributed by atoms with E-state index >= 15 is 0 Å². The number of rotatable bonds is 4. The molecule has 2 aromatic rings. The van der Waals surface area contributed by atoms with Crippen molar-refractivity contribution < 1.29 is 14.8 Å². The molecule has 2 rings (SSSR count). The molecule has 0 aliphatic heterocycles. The van der Waals surface area contributed by atoms with Gasteiger partial charge in [-0.1, -0.05) is 48.6 Å². The first-order valence-corrected chi connectivity index (χ1v) is 5.97. The van der Waals surface area contributed by atoms with Gasteiger partial charge in [0.15, 0.2) is 0 Å². The van der Waals surface area contributed by atoms with Crippen molar-refractivity contribution in [2.45, 2.75) is 0 Å². The van der Waals surface area contributed by atoms with Crippen molar-refractivity contribution in [3.8, 4) is 5.75 Å². The highest BCUT2D eigenvalue weighted by Crippen LogP contribution is 2.13. The van der Waals surface area contributed by atoms with Crippen LogP contribution in [0.25, 0.3) is 12.2 Å². The Morgan fingerprint density at radius 3 is 2.26 bits per heavy atom. The normalized spacial score (nSPS) is 10.7. The van der Waals surface area contributed by atoms with E-state index in [4.69, 9.17) is 14.8 Å². The SMILES string of the molecule is COc1ccc(/C=C/c2cccc(B(O)O)c2)cc1. The quantitative estimate of drug-likeness (QED) is 0.642. The van der Waals surface area contributed by atoms with E-state index in [1.165, 1.54) is 0 Å². The van der Waals surface area contributed by atoms with Gasteiger partial charge in [0.05, 0.1) is 7.11 Å². The Bertz CT molecular complexity index is 562. The Labute approximate surface area is 112 Å². The minimum absolute atomic E-state index is 0.483. The van der Waals surface area contributed by atoms with Gasteiger partial charge in [0.2, 0.25) is 0 Å². The second kappa shape index (κ2) is 6.23. The van der Waals surface area contributed by atoms with Crippen LogP contribution < -0.4 is 10.2 Å². The first-order valence-electron chi connectivity index (χ1n) is 5.97. The predicted molar refractivity (Wildman–Crippen MR) is 78.2 cm³/mol. The van der Waals surface area contributed by atoms with E-state index in [1.54, 1.807) is 25.3 Å². The molecule has 2 N–H and O–H groups in total. The molecule has 0 saturated heterocycles. The topological polar surface area (TPSA) is 49.7 Å². The van der Waals surface area contributed by atoms with Gasteiger partial charge >= 0.3 is 7.12 Å². The molecule has 0 aromatic heterocycles. The number of ether oxygens (including phenoxy) is 1. The van der Waals surface area contributed by atoms with Crippen molar-refractivity contribution in [2.75, 3.05) is 7.11 Å². The van der Waals surface area contributed by atoms with E-state index in [1.807, 2.05) is 42.5 Å². The van der Waals surface area contributed by atoms with Crippen LogP contribution in [0.3, 0.4) is 0 Å². The van der Waals surface area contributed by atoms with E-state index in [0.29, 0.717) is 5.46 Å². The van der Waals surface area contributed by atoms with Gasteiger partial charge < -0.3 is 14.8 Å². The molecule has 0 radical (unpaired) electrons. The van der Waals surface area contributed by atoms with Crippen molar-refractivity contribution >= 4 is 24.7 Å². The Morgan fingerprint density at radius 1 is 0.947 bits per heavy atom. The summed E-state index contributed by atoms with van der Waals surface area (Å²) < 4.78 is 5.09. The van der Waals surface area contributed by atoms with Crippen molar-refractivity contribution in [2.24, 2.45) is 0 Å². The lowest BCUT2D eigenvalue weighted by molar-refractivity contribution is 0.415. The van der Waals surface area contributed by atoms with Gasteiger partial charge in [-0.3, -0.25) is 0 Å². The highest BCUT2D eigenvalue weighted by atomic mass is 16.5. The van der Waals surface area contributed by atoms with Crippen LogP contribution in [0.1, 0.15) is 11.1 Å². The molecule has 0 bridgehead atoms. The van der Waals surface area contributed by atoms with Crippen molar-refractivity contribution in [1.29, 1.82) is 0 Å². The highest BCUT2D eigenvalue weighted by Gasteiger charge is 2.09. The molecule has 4 heteroatoms. The molecule has 0 aliphatic carbocycles. The number of hydrogen-bond acceptors (Lipinski definition) is 3. The summed E-state index contributed by atoms with van der Waals surface area (Å²) in [5.74, 6) is 0.822. The minimum Gasteiger partial charge on any atom is -0.497 e. The van der Waals surface area contributed by atoms with Crippen molar-refractivity contribution in [1.82, 2.24) is 0 Å². The fraction of sp³-hybridized carbons (Fsp3) is 0.0667. The molecule has 0 heterocycles. The number of methoxy groups -OCH3 is 1. The lowest BCUT2D eigenvalue weighted by atomic mass is 9.79. The molecule has 0 fully saturated rings. The summed E-state index contributed by atoms with van der Waals surface area (Å²) in [5, 5.41) is 18.2. The fourth-order valence-electron chi connectivity index (χ4n) is 1.73. The molecule has 19 heavy (non-hydrogen) atoms. The number of benzene rings is 2. The molecule has 3 nitrogen and oxygen atoms in total. The summed E-state index contributed by atoms with van der Waals surface area (Å²) in [4.78, 5) is 0. The Kier molecular flexibility index (Phi) is 4.39. The van der Waals surface area contributed by atoms with Crippen molar-refractivity contribution in [3.63, 3.8) is 0 Å². The van der Waals surface area contributed by atoms with E-state index < -0.39 is 7.12 Å². The highest BCUT2D eigenvalue weighted by molar-refractivity contribution is 6.58.